The molecule has 0 saturated heterocycles. The predicted molar refractivity (Wildman–Crippen MR) is 88.9 cm³/mol. The van der Waals surface area contributed by atoms with Crippen LogP contribution < -0.4 is 10.2 Å². The number of nitrogens with one attached hydrogen (secondary N) is 2. The van der Waals surface area contributed by atoms with Crippen molar-refractivity contribution in [3.63, 3.8) is 0 Å². The van der Waals surface area contributed by atoms with Crippen LogP contribution in [0.15, 0.2) is 54.6 Å². The molecule has 0 amide bonds. The Labute approximate surface area is 133 Å². The van der Waals surface area contributed by atoms with Crippen LogP contribution in [0.5, 0.6) is 5.75 Å². The summed E-state index contributed by atoms with van der Waals surface area (Å²) in [7, 11) is 1.66. The largest absolute Gasteiger partial charge is 0.496 e. The van der Waals surface area contributed by atoms with Crippen molar-refractivity contribution in [2.24, 2.45) is 0 Å². The SMILES string of the molecule is COc1ccccc1CNn1c(-c2ccccc2)n[nH]c1=S. The van der Waals surface area contributed by atoms with Crippen LogP contribution >= 0.6 is 12.2 Å². The second-order valence-corrected chi connectivity index (χ2v) is 5.09. The molecule has 6 heteroatoms. The highest BCUT2D eigenvalue weighted by molar-refractivity contribution is 7.71. The Bertz CT molecular complexity index is 810. The molecule has 22 heavy (non-hydrogen) atoms. The van der Waals surface area contributed by atoms with Gasteiger partial charge in [0.15, 0.2) is 5.82 Å². The topological polar surface area (TPSA) is 54.9 Å². The smallest absolute Gasteiger partial charge is 0.214 e. The summed E-state index contributed by atoms with van der Waals surface area (Å²) in [6, 6.07) is 17.8. The monoisotopic (exact) mass is 312 g/mol. The van der Waals surface area contributed by atoms with E-state index in [9.17, 15) is 0 Å². The number of nitrogens with zero attached hydrogens (tertiary/aromatic N) is 2. The van der Waals surface area contributed by atoms with Gasteiger partial charge in [0.05, 0.1) is 13.7 Å². The minimum Gasteiger partial charge on any atom is -0.496 e. The molecule has 0 spiro atoms. The number of benzene rings is 2. The molecule has 0 aliphatic heterocycles. The van der Waals surface area contributed by atoms with Crippen LogP contribution in [-0.2, 0) is 6.54 Å². The minimum atomic E-state index is 0.522. The Balaban J connectivity index is 1.87. The maximum atomic E-state index is 5.36. The molecule has 2 N–H and O–H groups in total. The minimum absolute atomic E-state index is 0.522. The van der Waals surface area contributed by atoms with Crippen molar-refractivity contribution in [2.75, 3.05) is 12.5 Å². The molecule has 0 bridgehead atoms. The molecular weight excluding hydrogens is 296 g/mol. The number of hydrogen-bond donors (Lipinski definition) is 2. The van der Waals surface area contributed by atoms with Gasteiger partial charge in [-0.1, -0.05) is 48.5 Å². The zero-order valence-corrected chi connectivity index (χ0v) is 12.9. The van der Waals surface area contributed by atoms with Gasteiger partial charge in [-0.05, 0) is 18.3 Å². The molecule has 0 unspecified atom stereocenters. The van der Waals surface area contributed by atoms with E-state index in [0.717, 1.165) is 22.7 Å². The van der Waals surface area contributed by atoms with E-state index >= 15 is 0 Å². The van der Waals surface area contributed by atoms with E-state index in [1.54, 1.807) is 11.8 Å². The average molecular weight is 312 g/mol. The summed E-state index contributed by atoms with van der Waals surface area (Å²) in [6.07, 6.45) is 0. The predicted octanol–water partition coefficient (Wildman–Crippen LogP) is 3.36. The second kappa shape index (κ2) is 6.44. The summed E-state index contributed by atoms with van der Waals surface area (Å²) < 4.78 is 7.66. The van der Waals surface area contributed by atoms with Gasteiger partial charge >= 0.3 is 0 Å². The maximum absolute atomic E-state index is 5.36. The van der Waals surface area contributed by atoms with Crippen LogP contribution in [0.3, 0.4) is 0 Å². The number of hydrogen-bond acceptors (Lipinski definition) is 4. The van der Waals surface area contributed by atoms with Crippen LogP contribution in [0.25, 0.3) is 11.4 Å². The first-order valence-electron chi connectivity index (χ1n) is 6.88. The molecule has 0 radical (unpaired) electrons. The number of para-hydroxylation sites is 1. The zero-order chi connectivity index (χ0) is 15.4. The van der Waals surface area contributed by atoms with Gasteiger partial charge in [-0.25, -0.2) is 9.77 Å². The highest BCUT2D eigenvalue weighted by atomic mass is 32.1. The molecule has 112 valence electrons. The lowest BCUT2D eigenvalue weighted by atomic mass is 10.2. The summed E-state index contributed by atoms with van der Waals surface area (Å²) in [6.45, 7) is 0.581. The summed E-state index contributed by atoms with van der Waals surface area (Å²) >= 11 is 5.30. The van der Waals surface area contributed by atoms with E-state index in [-0.39, 0.29) is 0 Å². The highest BCUT2D eigenvalue weighted by Gasteiger charge is 2.09. The first kappa shape index (κ1) is 14.3. The number of methoxy groups -OCH3 is 1. The normalized spacial score (nSPS) is 10.4. The first-order valence-corrected chi connectivity index (χ1v) is 7.29. The number of aromatic amines is 1. The van der Waals surface area contributed by atoms with Crippen LogP contribution in [-0.4, -0.2) is 22.0 Å². The molecule has 0 aliphatic carbocycles. The van der Waals surface area contributed by atoms with E-state index in [1.165, 1.54) is 0 Å². The summed E-state index contributed by atoms with van der Waals surface area (Å²) in [5.74, 6) is 1.59. The van der Waals surface area contributed by atoms with Gasteiger partial charge in [-0.15, -0.1) is 0 Å². The van der Waals surface area contributed by atoms with Gasteiger partial charge in [0.1, 0.15) is 5.75 Å². The van der Waals surface area contributed by atoms with Gasteiger partial charge in [0.25, 0.3) is 0 Å². The van der Waals surface area contributed by atoms with E-state index in [4.69, 9.17) is 17.0 Å². The van der Waals surface area contributed by atoms with Gasteiger partial charge < -0.3 is 10.2 Å². The molecule has 0 saturated carbocycles. The van der Waals surface area contributed by atoms with Crippen LogP contribution in [0.1, 0.15) is 5.56 Å². The van der Waals surface area contributed by atoms with Crippen molar-refractivity contribution in [3.8, 4) is 17.1 Å². The lowest BCUT2D eigenvalue weighted by Crippen LogP contribution is -2.16. The standard InChI is InChI=1S/C16H16N4OS/c1-21-14-10-6-5-9-13(14)11-17-20-15(18-19-16(20)22)12-7-3-2-4-8-12/h2-10,17H,11H2,1H3,(H,19,22). The molecule has 1 heterocycles. The fourth-order valence-corrected chi connectivity index (χ4v) is 2.43. The molecule has 3 rings (SSSR count). The van der Waals surface area contributed by atoms with Crippen molar-refractivity contribution in [2.45, 2.75) is 6.54 Å². The molecule has 2 aromatic carbocycles. The average Bonchev–Trinajstić information content (AvgIpc) is 2.95. The number of rotatable bonds is 5. The number of H-pyrrole nitrogens is 1. The summed E-state index contributed by atoms with van der Waals surface area (Å²) in [4.78, 5) is 0. The summed E-state index contributed by atoms with van der Waals surface area (Å²) in [5, 5.41) is 7.12. The van der Waals surface area contributed by atoms with Gasteiger partial charge in [-0.2, -0.15) is 5.10 Å². The molecule has 1 aromatic heterocycles. The lowest BCUT2D eigenvalue weighted by molar-refractivity contribution is 0.410. The van der Waals surface area contributed by atoms with Gasteiger partial charge in [0.2, 0.25) is 4.77 Å². The molecular formula is C16H16N4OS. The van der Waals surface area contributed by atoms with Crippen molar-refractivity contribution in [1.29, 1.82) is 0 Å². The Kier molecular flexibility index (Phi) is 4.20. The first-order chi connectivity index (χ1) is 10.8. The van der Waals surface area contributed by atoms with Crippen molar-refractivity contribution in [3.05, 3.63) is 64.9 Å². The van der Waals surface area contributed by atoms with Gasteiger partial charge in [-0.3, -0.25) is 0 Å². The van der Waals surface area contributed by atoms with Crippen LogP contribution in [0, 0.1) is 4.77 Å². The van der Waals surface area contributed by atoms with Crippen LogP contribution in [0.4, 0.5) is 0 Å². The lowest BCUT2D eigenvalue weighted by Gasteiger charge is -2.12. The molecule has 5 nitrogen and oxygen atoms in total. The van der Waals surface area contributed by atoms with E-state index < -0.39 is 0 Å². The van der Waals surface area contributed by atoms with Crippen molar-refractivity contribution >= 4 is 12.2 Å². The zero-order valence-electron chi connectivity index (χ0n) is 12.1. The third-order valence-corrected chi connectivity index (χ3v) is 3.60. The Morgan fingerprint density at radius 1 is 1.14 bits per heavy atom. The third-order valence-electron chi connectivity index (χ3n) is 3.32. The fourth-order valence-electron chi connectivity index (χ4n) is 2.24. The number of aromatic nitrogens is 3. The van der Waals surface area contributed by atoms with E-state index in [2.05, 4.69) is 15.6 Å². The third kappa shape index (κ3) is 2.87. The summed E-state index contributed by atoms with van der Waals surface area (Å²) in [5.41, 5.74) is 5.33. The quantitative estimate of drug-likeness (QED) is 0.709. The Hall–Kier alpha value is -2.60. The highest BCUT2D eigenvalue weighted by Crippen LogP contribution is 2.19. The molecule has 3 aromatic rings. The maximum Gasteiger partial charge on any atom is 0.214 e. The number of ether oxygens (including phenoxy) is 1. The Morgan fingerprint density at radius 3 is 2.64 bits per heavy atom. The van der Waals surface area contributed by atoms with E-state index in [1.807, 2.05) is 54.6 Å². The van der Waals surface area contributed by atoms with Crippen molar-refractivity contribution < 1.29 is 4.74 Å². The molecule has 0 aliphatic rings. The van der Waals surface area contributed by atoms with E-state index in [0.29, 0.717) is 11.3 Å². The molecule has 0 fully saturated rings. The second-order valence-electron chi connectivity index (χ2n) is 4.70. The molecule has 0 atom stereocenters. The van der Waals surface area contributed by atoms with Crippen LogP contribution in [0.2, 0.25) is 0 Å². The fraction of sp³-hybridized carbons (Fsp3) is 0.125. The Morgan fingerprint density at radius 2 is 1.86 bits per heavy atom. The van der Waals surface area contributed by atoms with Gasteiger partial charge in [0, 0.05) is 11.1 Å². The van der Waals surface area contributed by atoms with Crippen molar-refractivity contribution in [1.82, 2.24) is 14.9 Å².